The molecule has 2 saturated heterocycles. The number of morpholine rings is 1. The summed E-state index contributed by atoms with van der Waals surface area (Å²) in [4.78, 5) is 26.6. The lowest BCUT2D eigenvalue weighted by Gasteiger charge is -2.34. The van der Waals surface area contributed by atoms with Crippen LogP contribution in [0.15, 0.2) is 0 Å². The molecule has 2 rings (SSSR count). The van der Waals surface area contributed by atoms with Crippen molar-refractivity contribution in [3.8, 4) is 0 Å². The average Bonchev–Trinajstić information content (AvgIpc) is 2.67. The van der Waals surface area contributed by atoms with E-state index < -0.39 is 12.1 Å². The van der Waals surface area contributed by atoms with Gasteiger partial charge in [0.1, 0.15) is 0 Å². The molecule has 2 aliphatic heterocycles. The predicted octanol–water partition coefficient (Wildman–Crippen LogP) is 0.331. The number of rotatable bonds is 1. The Hall–Kier alpha value is -0.950. The van der Waals surface area contributed by atoms with E-state index in [-0.39, 0.29) is 12.6 Å². The molecule has 0 aromatic carbocycles. The van der Waals surface area contributed by atoms with Crippen LogP contribution in [0.2, 0.25) is 0 Å². The second kappa shape index (κ2) is 6.29. The topological polar surface area (TPSA) is 70.1 Å². The molecule has 2 fully saturated rings. The van der Waals surface area contributed by atoms with Crippen LogP contribution in [-0.2, 0) is 9.53 Å². The van der Waals surface area contributed by atoms with Gasteiger partial charge in [0, 0.05) is 25.4 Å². The fraction of sp³-hybridized carbons (Fsp3) is 0.818. The van der Waals surface area contributed by atoms with Crippen molar-refractivity contribution in [3.63, 3.8) is 0 Å². The number of carboxylic acid groups (broad SMARTS) is 1. The molecular formula is C11H18N2O4S. The van der Waals surface area contributed by atoms with Crippen LogP contribution in [0.1, 0.15) is 6.42 Å². The Morgan fingerprint density at radius 2 is 2.00 bits per heavy atom. The highest BCUT2D eigenvalue weighted by Crippen LogP contribution is 2.14. The zero-order valence-electron chi connectivity index (χ0n) is 10.2. The molecule has 0 radical (unpaired) electrons. The molecule has 0 aromatic rings. The van der Waals surface area contributed by atoms with Crippen LogP contribution >= 0.6 is 11.8 Å². The van der Waals surface area contributed by atoms with Crippen LogP contribution < -0.4 is 0 Å². The van der Waals surface area contributed by atoms with Gasteiger partial charge in [-0.3, -0.25) is 0 Å². The first-order chi connectivity index (χ1) is 8.68. The van der Waals surface area contributed by atoms with E-state index in [2.05, 4.69) is 0 Å². The zero-order valence-corrected chi connectivity index (χ0v) is 11.0. The van der Waals surface area contributed by atoms with Crippen molar-refractivity contribution in [1.29, 1.82) is 0 Å². The average molecular weight is 274 g/mol. The number of urea groups is 1. The van der Waals surface area contributed by atoms with Gasteiger partial charge in [0.05, 0.1) is 13.2 Å². The zero-order chi connectivity index (χ0) is 13.0. The number of carboxylic acids is 1. The van der Waals surface area contributed by atoms with Crippen molar-refractivity contribution in [2.24, 2.45) is 0 Å². The Kier molecular flexibility index (Phi) is 4.71. The van der Waals surface area contributed by atoms with Crippen molar-refractivity contribution >= 4 is 23.8 Å². The molecule has 0 bridgehead atoms. The van der Waals surface area contributed by atoms with E-state index in [1.165, 1.54) is 0 Å². The Morgan fingerprint density at radius 1 is 1.17 bits per heavy atom. The lowest BCUT2D eigenvalue weighted by Crippen LogP contribution is -2.53. The van der Waals surface area contributed by atoms with Gasteiger partial charge in [-0.2, -0.15) is 11.8 Å². The third-order valence-corrected chi connectivity index (χ3v) is 4.15. The lowest BCUT2D eigenvalue weighted by atomic mass is 10.3. The Balaban J connectivity index is 1.92. The van der Waals surface area contributed by atoms with Crippen LogP contribution in [0.25, 0.3) is 0 Å². The SMILES string of the molecule is O=C(O)C1CN(C(=O)N2CCCSCC2)CCO1. The fourth-order valence-electron chi connectivity index (χ4n) is 2.11. The van der Waals surface area contributed by atoms with Gasteiger partial charge in [0.2, 0.25) is 0 Å². The molecule has 0 spiro atoms. The molecule has 1 atom stereocenters. The molecule has 18 heavy (non-hydrogen) atoms. The normalized spacial score (nSPS) is 25.7. The number of aliphatic carboxylic acids is 1. The van der Waals surface area contributed by atoms with Crippen LogP contribution in [-0.4, -0.2) is 77.3 Å². The summed E-state index contributed by atoms with van der Waals surface area (Å²) in [5.74, 6) is 1.04. The standard InChI is InChI=1S/C11H18N2O4S/c14-10(15)9-8-13(3-5-17-9)11(16)12-2-1-6-18-7-4-12/h9H,1-8H2,(H,14,15). The number of amides is 2. The lowest BCUT2D eigenvalue weighted by molar-refractivity contribution is -0.154. The largest absolute Gasteiger partial charge is 0.479 e. The highest BCUT2D eigenvalue weighted by Gasteiger charge is 2.31. The third kappa shape index (κ3) is 3.29. The molecule has 7 heteroatoms. The first-order valence-electron chi connectivity index (χ1n) is 6.14. The minimum absolute atomic E-state index is 0.0490. The van der Waals surface area contributed by atoms with Gasteiger partial charge in [-0.25, -0.2) is 9.59 Å². The molecule has 2 heterocycles. The molecule has 0 aliphatic carbocycles. The van der Waals surface area contributed by atoms with Crippen LogP contribution in [0.4, 0.5) is 4.79 Å². The van der Waals surface area contributed by atoms with Crippen molar-refractivity contribution in [2.75, 3.05) is 44.3 Å². The first kappa shape index (κ1) is 13.5. The Labute approximate surface area is 110 Å². The number of carbonyl (C=O) groups is 2. The second-order valence-corrected chi connectivity index (χ2v) is 5.60. The molecule has 102 valence electrons. The molecule has 2 amide bonds. The smallest absolute Gasteiger partial charge is 0.334 e. The Morgan fingerprint density at radius 3 is 2.78 bits per heavy atom. The minimum atomic E-state index is -1.00. The first-order valence-corrected chi connectivity index (χ1v) is 7.30. The van der Waals surface area contributed by atoms with E-state index in [1.54, 1.807) is 4.90 Å². The number of ether oxygens (including phenoxy) is 1. The molecule has 1 unspecified atom stereocenters. The minimum Gasteiger partial charge on any atom is -0.479 e. The fourth-order valence-corrected chi connectivity index (χ4v) is 3.00. The maximum absolute atomic E-state index is 12.3. The van der Waals surface area contributed by atoms with Gasteiger partial charge in [-0.15, -0.1) is 0 Å². The summed E-state index contributed by atoms with van der Waals surface area (Å²) < 4.78 is 5.12. The van der Waals surface area contributed by atoms with E-state index >= 15 is 0 Å². The van der Waals surface area contributed by atoms with Gasteiger partial charge in [0.15, 0.2) is 6.10 Å². The van der Waals surface area contributed by atoms with Gasteiger partial charge >= 0.3 is 12.0 Å². The van der Waals surface area contributed by atoms with Crippen LogP contribution in [0, 0.1) is 0 Å². The van der Waals surface area contributed by atoms with E-state index in [0.717, 1.165) is 31.0 Å². The maximum Gasteiger partial charge on any atom is 0.334 e. The molecular weight excluding hydrogens is 256 g/mol. The molecule has 6 nitrogen and oxygen atoms in total. The molecule has 1 N–H and O–H groups in total. The van der Waals surface area contributed by atoms with Crippen LogP contribution in [0.3, 0.4) is 0 Å². The van der Waals surface area contributed by atoms with Crippen molar-refractivity contribution in [1.82, 2.24) is 9.80 Å². The molecule has 0 saturated carbocycles. The summed E-state index contributed by atoms with van der Waals surface area (Å²) in [7, 11) is 0. The highest BCUT2D eigenvalue weighted by atomic mass is 32.2. The van der Waals surface area contributed by atoms with Gasteiger partial charge in [-0.1, -0.05) is 0 Å². The van der Waals surface area contributed by atoms with E-state index in [4.69, 9.17) is 9.84 Å². The van der Waals surface area contributed by atoms with E-state index in [0.29, 0.717) is 13.2 Å². The summed E-state index contributed by atoms with van der Waals surface area (Å²) in [6, 6.07) is -0.0490. The third-order valence-electron chi connectivity index (χ3n) is 3.11. The summed E-state index contributed by atoms with van der Waals surface area (Å²) in [6.45, 7) is 2.44. The van der Waals surface area contributed by atoms with Crippen LogP contribution in [0.5, 0.6) is 0 Å². The Bertz CT molecular complexity index is 318. The van der Waals surface area contributed by atoms with Gasteiger partial charge < -0.3 is 19.6 Å². The number of carbonyl (C=O) groups excluding carboxylic acids is 1. The van der Waals surface area contributed by atoms with E-state index in [1.807, 2.05) is 16.7 Å². The number of thioether (sulfide) groups is 1. The summed E-state index contributed by atoms with van der Waals surface area (Å²) in [5, 5.41) is 8.91. The van der Waals surface area contributed by atoms with Crippen molar-refractivity contribution < 1.29 is 19.4 Å². The van der Waals surface area contributed by atoms with Crippen molar-refractivity contribution in [2.45, 2.75) is 12.5 Å². The summed E-state index contributed by atoms with van der Waals surface area (Å²) in [6.07, 6.45) is 0.118. The van der Waals surface area contributed by atoms with E-state index in [9.17, 15) is 9.59 Å². The monoisotopic (exact) mass is 274 g/mol. The predicted molar refractivity (Wildman–Crippen MR) is 67.9 cm³/mol. The molecule has 0 aromatic heterocycles. The quantitative estimate of drug-likeness (QED) is 0.746. The maximum atomic E-state index is 12.3. The highest BCUT2D eigenvalue weighted by molar-refractivity contribution is 7.99. The van der Waals surface area contributed by atoms with Crippen molar-refractivity contribution in [3.05, 3.63) is 0 Å². The molecule has 2 aliphatic rings. The summed E-state index contributed by atoms with van der Waals surface area (Å²) >= 11 is 1.86. The number of hydrogen-bond acceptors (Lipinski definition) is 4. The number of nitrogens with zero attached hydrogens (tertiary/aromatic N) is 2. The summed E-state index contributed by atoms with van der Waals surface area (Å²) in [5.41, 5.74) is 0. The van der Waals surface area contributed by atoms with Gasteiger partial charge in [0.25, 0.3) is 0 Å². The number of hydrogen-bond donors (Lipinski definition) is 1. The second-order valence-electron chi connectivity index (χ2n) is 4.38. The van der Waals surface area contributed by atoms with Gasteiger partial charge in [-0.05, 0) is 12.2 Å².